The van der Waals surface area contributed by atoms with E-state index in [1.807, 2.05) is 18.4 Å². The molecule has 0 radical (unpaired) electrons. The van der Waals surface area contributed by atoms with E-state index in [0.29, 0.717) is 44.7 Å². The molecule has 0 spiro atoms. The van der Waals surface area contributed by atoms with Crippen molar-refractivity contribution in [3.63, 3.8) is 0 Å². The van der Waals surface area contributed by atoms with Crippen molar-refractivity contribution in [1.82, 2.24) is 25.0 Å². The summed E-state index contributed by atoms with van der Waals surface area (Å²) in [5, 5.41) is 11.4. The van der Waals surface area contributed by atoms with E-state index in [0.717, 1.165) is 24.1 Å². The number of aromatic nitrogens is 3. The van der Waals surface area contributed by atoms with Gasteiger partial charge in [0.05, 0.1) is 6.54 Å². The molecule has 2 aromatic rings. The number of nitrogens with one attached hydrogen (secondary N) is 1. The zero-order valence-corrected chi connectivity index (χ0v) is 15.7. The van der Waals surface area contributed by atoms with Crippen molar-refractivity contribution in [2.45, 2.75) is 46.3 Å². The van der Waals surface area contributed by atoms with E-state index in [1.165, 1.54) is 12.1 Å². The molecule has 0 bridgehead atoms. The highest BCUT2D eigenvalue weighted by atomic mass is 19.1. The average Bonchev–Trinajstić information content (AvgIpc) is 2.93. The van der Waals surface area contributed by atoms with Gasteiger partial charge in [-0.3, -0.25) is 9.69 Å². The third-order valence-electron chi connectivity index (χ3n) is 5.09. The summed E-state index contributed by atoms with van der Waals surface area (Å²) in [6.45, 7) is 6.73. The fraction of sp³-hybridized carbons (Fsp3) is 0.526. The number of amides is 1. The molecule has 27 heavy (non-hydrogen) atoms. The lowest BCUT2D eigenvalue weighted by molar-refractivity contribution is -0.124. The van der Waals surface area contributed by atoms with E-state index >= 15 is 0 Å². The molecule has 1 aliphatic heterocycles. The topological polar surface area (TPSA) is 63.1 Å². The fourth-order valence-corrected chi connectivity index (χ4v) is 3.13. The van der Waals surface area contributed by atoms with Gasteiger partial charge in [-0.1, -0.05) is 19.9 Å². The molecule has 0 saturated heterocycles. The smallest absolute Gasteiger partial charge is 0.223 e. The van der Waals surface area contributed by atoms with Crippen LogP contribution in [0.25, 0.3) is 0 Å². The highest BCUT2D eigenvalue weighted by Crippen LogP contribution is 2.15. The average molecular weight is 377 g/mol. The Kier molecular flexibility index (Phi) is 6.15. The minimum Gasteiger partial charge on any atom is -0.349 e. The predicted octanol–water partition coefficient (Wildman–Crippen LogP) is 2.28. The highest BCUT2D eigenvalue weighted by Gasteiger charge is 2.20. The van der Waals surface area contributed by atoms with Crippen LogP contribution in [0.3, 0.4) is 0 Å². The molecular formula is C19H25F2N5O. The minimum absolute atomic E-state index is 0.0110. The summed E-state index contributed by atoms with van der Waals surface area (Å²) in [6, 6.07) is 3.69. The second-order valence-corrected chi connectivity index (χ2v) is 6.97. The number of carbonyl (C=O) groups is 1. The normalized spacial score (nSPS) is 15.9. The fourth-order valence-electron chi connectivity index (χ4n) is 3.13. The van der Waals surface area contributed by atoms with Crippen LogP contribution in [0.15, 0.2) is 18.2 Å². The number of hydrogen-bond acceptors (Lipinski definition) is 4. The Morgan fingerprint density at radius 2 is 2.07 bits per heavy atom. The maximum Gasteiger partial charge on any atom is 0.223 e. The Bertz CT molecular complexity index is 807. The minimum atomic E-state index is -0.567. The monoisotopic (exact) mass is 377 g/mol. The van der Waals surface area contributed by atoms with Crippen LogP contribution >= 0.6 is 0 Å². The summed E-state index contributed by atoms with van der Waals surface area (Å²) in [5.41, 5.74) is 0.482. The van der Waals surface area contributed by atoms with E-state index in [-0.39, 0.29) is 11.8 Å². The van der Waals surface area contributed by atoms with Crippen molar-refractivity contribution in [2.75, 3.05) is 13.1 Å². The van der Waals surface area contributed by atoms with Crippen LogP contribution in [0.1, 0.15) is 37.5 Å². The second kappa shape index (κ2) is 8.56. The zero-order chi connectivity index (χ0) is 19.4. The van der Waals surface area contributed by atoms with Crippen LogP contribution in [0, 0.1) is 17.6 Å². The summed E-state index contributed by atoms with van der Waals surface area (Å²) in [5.74, 6) is 0.491. The van der Waals surface area contributed by atoms with Crippen LogP contribution in [0.4, 0.5) is 8.78 Å². The third-order valence-corrected chi connectivity index (χ3v) is 5.09. The molecule has 8 heteroatoms. The van der Waals surface area contributed by atoms with Crippen molar-refractivity contribution in [3.8, 4) is 0 Å². The molecule has 6 nitrogen and oxygen atoms in total. The number of fused-ring (bicyclic) bond motifs is 1. The largest absolute Gasteiger partial charge is 0.349 e. The molecule has 0 aliphatic carbocycles. The molecule has 3 rings (SSSR count). The quantitative estimate of drug-likeness (QED) is 0.839. The van der Waals surface area contributed by atoms with Gasteiger partial charge >= 0.3 is 0 Å². The zero-order valence-electron chi connectivity index (χ0n) is 15.7. The standard InChI is InChI=1S/C19H25F2N5O/c1-3-13(2)19(27)22-11-18-24-23-17-6-7-25(8-9-26(17)18)12-14-4-5-15(20)10-16(14)21/h4-5,10,13H,3,6-9,11-12H2,1-2H3,(H,22,27)/t13-/m1/s1. The summed E-state index contributed by atoms with van der Waals surface area (Å²) in [4.78, 5) is 14.1. The molecule has 1 aliphatic rings. The van der Waals surface area contributed by atoms with E-state index in [2.05, 4.69) is 20.4 Å². The molecule has 1 N–H and O–H groups in total. The van der Waals surface area contributed by atoms with Gasteiger partial charge in [-0.2, -0.15) is 0 Å². The van der Waals surface area contributed by atoms with E-state index < -0.39 is 11.6 Å². The van der Waals surface area contributed by atoms with Gasteiger partial charge in [-0.25, -0.2) is 8.78 Å². The van der Waals surface area contributed by atoms with Gasteiger partial charge in [0.25, 0.3) is 0 Å². The third kappa shape index (κ3) is 4.68. The number of benzene rings is 1. The summed E-state index contributed by atoms with van der Waals surface area (Å²) in [7, 11) is 0. The molecule has 2 heterocycles. The van der Waals surface area contributed by atoms with Crippen molar-refractivity contribution in [1.29, 1.82) is 0 Å². The van der Waals surface area contributed by atoms with E-state index in [9.17, 15) is 13.6 Å². The Balaban J connectivity index is 1.61. The lowest BCUT2D eigenvalue weighted by Crippen LogP contribution is -2.30. The Labute approximate surface area is 157 Å². The van der Waals surface area contributed by atoms with E-state index in [1.54, 1.807) is 0 Å². The molecule has 1 aromatic carbocycles. The van der Waals surface area contributed by atoms with Crippen LogP contribution in [-0.4, -0.2) is 38.7 Å². The van der Waals surface area contributed by atoms with E-state index in [4.69, 9.17) is 0 Å². The number of hydrogen-bond donors (Lipinski definition) is 1. The number of halogens is 2. The molecular weight excluding hydrogens is 352 g/mol. The molecule has 1 atom stereocenters. The molecule has 1 aromatic heterocycles. The first-order valence-corrected chi connectivity index (χ1v) is 9.33. The van der Waals surface area contributed by atoms with Gasteiger partial charge in [-0.15, -0.1) is 10.2 Å². The molecule has 1 amide bonds. The number of rotatable bonds is 6. The number of nitrogens with zero attached hydrogens (tertiary/aromatic N) is 4. The first-order valence-electron chi connectivity index (χ1n) is 9.33. The molecule has 0 fully saturated rings. The predicted molar refractivity (Wildman–Crippen MR) is 96.7 cm³/mol. The molecule has 0 unspecified atom stereocenters. The Morgan fingerprint density at radius 1 is 1.26 bits per heavy atom. The van der Waals surface area contributed by atoms with Crippen molar-refractivity contribution in [2.24, 2.45) is 5.92 Å². The van der Waals surface area contributed by atoms with Crippen LogP contribution in [0.5, 0.6) is 0 Å². The lowest BCUT2D eigenvalue weighted by atomic mass is 10.1. The second-order valence-electron chi connectivity index (χ2n) is 6.97. The van der Waals surface area contributed by atoms with Crippen LogP contribution < -0.4 is 5.32 Å². The Hall–Kier alpha value is -2.35. The van der Waals surface area contributed by atoms with Crippen molar-refractivity contribution < 1.29 is 13.6 Å². The molecule has 146 valence electrons. The van der Waals surface area contributed by atoms with Gasteiger partial charge in [0.2, 0.25) is 5.91 Å². The maximum absolute atomic E-state index is 13.9. The number of carbonyl (C=O) groups excluding carboxylic acids is 1. The highest BCUT2D eigenvalue weighted by molar-refractivity contribution is 5.78. The van der Waals surface area contributed by atoms with Crippen molar-refractivity contribution >= 4 is 5.91 Å². The van der Waals surface area contributed by atoms with Crippen LogP contribution in [-0.2, 0) is 30.8 Å². The van der Waals surface area contributed by atoms with Crippen LogP contribution in [0.2, 0.25) is 0 Å². The first kappa shape index (κ1) is 19.4. The van der Waals surface area contributed by atoms with Crippen molar-refractivity contribution in [3.05, 3.63) is 47.0 Å². The van der Waals surface area contributed by atoms with Gasteiger partial charge in [0, 0.05) is 50.1 Å². The summed E-state index contributed by atoms with van der Waals surface area (Å²) < 4.78 is 29.0. The van der Waals surface area contributed by atoms with Gasteiger partial charge in [0.15, 0.2) is 5.82 Å². The van der Waals surface area contributed by atoms with Gasteiger partial charge < -0.3 is 9.88 Å². The lowest BCUT2D eigenvalue weighted by Gasteiger charge is -2.20. The van der Waals surface area contributed by atoms with Gasteiger partial charge in [0.1, 0.15) is 17.5 Å². The molecule has 0 saturated carbocycles. The summed E-state index contributed by atoms with van der Waals surface area (Å²) in [6.07, 6.45) is 1.48. The SMILES string of the molecule is CC[C@@H](C)C(=O)NCc1nnc2n1CCN(Cc1ccc(F)cc1F)CC2. The van der Waals surface area contributed by atoms with Gasteiger partial charge in [-0.05, 0) is 12.5 Å². The summed E-state index contributed by atoms with van der Waals surface area (Å²) >= 11 is 0. The first-order chi connectivity index (χ1) is 13.0. The Morgan fingerprint density at radius 3 is 2.81 bits per heavy atom. The maximum atomic E-state index is 13.9.